The number of halogens is 1. The van der Waals surface area contributed by atoms with E-state index in [1.807, 2.05) is 4.98 Å². The summed E-state index contributed by atoms with van der Waals surface area (Å²) >= 11 is 5.75. The normalized spacial score (nSPS) is 9.88. The molecule has 7 nitrogen and oxygen atoms in total. The first-order chi connectivity index (χ1) is 8.11. The summed E-state index contributed by atoms with van der Waals surface area (Å²) in [5.74, 6) is 0. The predicted octanol–water partition coefficient (Wildman–Crippen LogP) is 0.0453. The zero-order valence-electron chi connectivity index (χ0n) is 8.19. The Morgan fingerprint density at radius 1 is 1.35 bits per heavy atom. The lowest BCUT2D eigenvalue weighted by atomic mass is 10.2. The average molecular weight is 250 g/mol. The van der Waals surface area contributed by atoms with Gasteiger partial charge in [-0.15, -0.1) is 10.2 Å². The third-order valence-corrected chi connectivity index (χ3v) is 2.24. The molecule has 2 aromatic rings. The minimum absolute atomic E-state index is 0.0312. The highest BCUT2D eigenvalue weighted by molar-refractivity contribution is 6.31. The van der Waals surface area contributed by atoms with Crippen LogP contribution in [0.25, 0.3) is 11.3 Å². The highest BCUT2D eigenvalue weighted by Crippen LogP contribution is 2.17. The summed E-state index contributed by atoms with van der Waals surface area (Å²) in [5, 5.41) is 15.9. The largest absolute Gasteiger partial charge is 0.325 e. The molecule has 8 heteroatoms. The van der Waals surface area contributed by atoms with Gasteiger partial charge in [-0.3, -0.25) is 9.78 Å². The Balaban J connectivity index is 2.62. The molecule has 2 heterocycles. The first-order valence-electron chi connectivity index (χ1n) is 4.37. The summed E-state index contributed by atoms with van der Waals surface area (Å²) in [6, 6.07) is 3.08. The number of aromatic nitrogens is 4. The second-order valence-electron chi connectivity index (χ2n) is 3.02. The minimum Gasteiger partial charge on any atom is -0.313 e. The highest BCUT2D eigenvalue weighted by atomic mass is 35.5. The number of hydrogen-bond acceptors (Lipinski definition) is 5. The predicted molar refractivity (Wildman–Crippen MR) is 58.4 cm³/mol. The molecule has 84 valence electrons. The molecule has 0 bridgehead atoms. The molecule has 2 N–H and O–H groups in total. The van der Waals surface area contributed by atoms with E-state index in [1.165, 1.54) is 12.3 Å². The van der Waals surface area contributed by atoms with Crippen LogP contribution in [-0.4, -0.2) is 20.2 Å². The molecule has 2 rings (SSSR count). The van der Waals surface area contributed by atoms with Gasteiger partial charge in [-0.05, 0) is 6.07 Å². The fourth-order valence-corrected chi connectivity index (χ4v) is 1.36. The molecule has 0 aliphatic heterocycles. The van der Waals surface area contributed by atoms with Crippen LogP contribution in [0.5, 0.6) is 0 Å². The Morgan fingerprint density at radius 3 is 2.71 bits per heavy atom. The van der Waals surface area contributed by atoms with Gasteiger partial charge < -0.3 is 4.98 Å². The van der Waals surface area contributed by atoms with Crippen LogP contribution < -0.4 is 11.2 Å². The van der Waals surface area contributed by atoms with Crippen LogP contribution in [-0.2, 0) is 0 Å². The molecular weight excluding hydrogens is 246 g/mol. The van der Waals surface area contributed by atoms with Gasteiger partial charge in [0.1, 0.15) is 11.8 Å². The zero-order chi connectivity index (χ0) is 12.4. The second-order valence-corrected chi connectivity index (χ2v) is 3.43. The second kappa shape index (κ2) is 4.19. The summed E-state index contributed by atoms with van der Waals surface area (Å²) in [6.07, 6.45) is 1.20. The van der Waals surface area contributed by atoms with Crippen molar-refractivity contribution in [2.45, 2.75) is 0 Å². The quantitative estimate of drug-likeness (QED) is 0.741. The van der Waals surface area contributed by atoms with Crippen LogP contribution in [0.15, 0.2) is 21.9 Å². The van der Waals surface area contributed by atoms with Gasteiger partial charge in [0.2, 0.25) is 0 Å². The van der Waals surface area contributed by atoms with Gasteiger partial charge in [-0.25, -0.2) is 4.79 Å². The van der Waals surface area contributed by atoms with E-state index in [2.05, 4.69) is 15.2 Å². The lowest BCUT2D eigenvalue weighted by Crippen LogP contribution is -2.22. The maximum atomic E-state index is 11.5. The van der Waals surface area contributed by atoms with Crippen molar-refractivity contribution in [1.82, 2.24) is 20.2 Å². The van der Waals surface area contributed by atoms with E-state index in [1.54, 1.807) is 6.07 Å². The molecule has 0 amide bonds. The van der Waals surface area contributed by atoms with Crippen molar-refractivity contribution in [3.8, 4) is 17.3 Å². The number of rotatable bonds is 1. The summed E-state index contributed by atoms with van der Waals surface area (Å²) in [5.41, 5.74) is -0.971. The highest BCUT2D eigenvalue weighted by Gasteiger charge is 2.09. The van der Waals surface area contributed by atoms with Gasteiger partial charge in [0.15, 0.2) is 5.69 Å². The Kier molecular flexibility index (Phi) is 2.72. The fourth-order valence-electron chi connectivity index (χ4n) is 1.18. The number of H-pyrrole nitrogens is 2. The lowest BCUT2D eigenvalue weighted by Gasteiger charge is -1.99. The standard InChI is InChI=1S/C9H4ClN5O2/c10-5-1-6(14-15-7(5)2-11)4-3-12-9(17)13-8(4)16/h1,3H,(H2,12,13,16,17). The van der Waals surface area contributed by atoms with Crippen LogP contribution in [0, 0.1) is 11.3 Å². The zero-order valence-corrected chi connectivity index (χ0v) is 8.95. The summed E-state index contributed by atoms with van der Waals surface area (Å²) in [6.45, 7) is 0. The summed E-state index contributed by atoms with van der Waals surface area (Å²) < 4.78 is 0. The molecule has 0 unspecified atom stereocenters. The number of nitrogens with zero attached hydrogens (tertiary/aromatic N) is 3. The first kappa shape index (κ1) is 11.0. The monoisotopic (exact) mass is 249 g/mol. The summed E-state index contributed by atoms with van der Waals surface area (Å²) in [4.78, 5) is 26.6. The maximum Gasteiger partial charge on any atom is 0.325 e. The first-order valence-corrected chi connectivity index (χ1v) is 4.75. The Bertz CT molecular complexity index is 727. The SMILES string of the molecule is N#Cc1nnc(-c2c[nH]c(=O)[nH]c2=O)cc1Cl. The molecule has 0 radical (unpaired) electrons. The van der Waals surface area contributed by atoms with Gasteiger partial charge in [0.05, 0.1) is 10.6 Å². The van der Waals surface area contributed by atoms with Crippen LogP contribution in [0.1, 0.15) is 5.69 Å². The Hall–Kier alpha value is -2.46. The number of nitrogens with one attached hydrogen (secondary N) is 2. The van der Waals surface area contributed by atoms with E-state index in [0.717, 1.165) is 0 Å². The Morgan fingerprint density at radius 2 is 2.12 bits per heavy atom. The van der Waals surface area contributed by atoms with Gasteiger partial charge in [0, 0.05) is 6.20 Å². The van der Waals surface area contributed by atoms with Crippen molar-refractivity contribution in [2.24, 2.45) is 0 Å². The van der Waals surface area contributed by atoms with E-state index in [0.29, 0.717) is 0 Å². The molecule has 0 fully saturated rings. The van der Waals surface area contributed by atoms with E-state index >= 15 is 0 Å². The molecule has 0 saturated heterocycles. The van der Waals surface area contributed by atoms with Crippen LogP contribution >= 0.6 is 11.6 Å². The van der Waals surface area contributed by atoms with Crippen LogP contribution in [0.2, 0.25) is 5.02 Å². The van der Waals surface area contributed by atoms with Gasteiger partial charge in [0.25, 0.3) is 5.56 Å². The van der Waals surface area contributed by atoms with Crippen LogP contribution in [0.4, 0.5) is 0 Å². The van der Waals surface area contributed by atoms with Crippen molar-refractivity contribution in [3.05, 3.63) is 43.8 Å². The molecule has 0 atom stereocenters. The molecule has 0 aliphatic carbocycles. The number of hydrogen-bond donors (Lipinski definition) is 2. The molecule has 17 heavy (non-hydrogen) atoms. The van der Waals surface area contributed by atoms with E-state index < -0.39 is 11.2 Å². The van der Waals surface area contributed by atoms with Gasteiger partial charge >= 0.3 is 5.69 Å². The molecule has 0 aromatic carbocycles. The molecule has 0 aliphatic rings. The van der Waals surface area contributed by atoms with E-state index in [9.17, 15) is 9.59 Å². The molecule has 0 saturated carbocycles. The third-order valence-electron chi connectivity index (χ3n) is 1.95. The molecule has 0 spiro atoms. The van der Waals surface area contributed by atoms with Crippen molar-refractivity contribution in [1.29, 1.82) is 5.26 Å². The van der Waals surface area contributed by atoms with E-state index in [4.69, 9.17) is 16.9 Å². The maximum absolute atomic E-state index is 11.5. The smallest absolute Gasteiger partial charge is 0.313 e. The number of aromatic amines is 2. The molecule has 2 aromatic heterocycles. The van der Waals surface area contributed by atoms with E-state index in [-0.39, 0.29) is 22.0 Å². The minimum atomic E-state index is -0.619. The van der Waals surface area contributed by atoms with Crippen molar-refractivity contribution >= 4 is 11.6 Å². The van der Waals surface area contributed by atoms with Crippen molar-refractivity contribution < 1.29 is 0 Å². The molecular formula is C9H4ClN5O2. The average Bonchev–Trinajstić information content (AvgIpc) is 2.29. The van der Waals surface area contributed by atoms with Gasteiger partial charge in [-0.1, -0.05) is 11.6 Å². The lowest BCUT2D eigenvalue weighted by molar-refractivity contribution is 0.991. The third kappa shape index (κ3) is 2.07. The van der Waals surface area contributed by atoms with Crippen LogP contribution in [0.3, 0.4) is 0 Å². The van der Waals surface area contributed by atoms with Crippen molar-refractivity contribution in [2.75, 3.05) is 0 Å². The Labute approximate surface area is 98.7 Å². The summed E-state index contributed by atoms with van der Waals surface area (Å²) in [7, 11) is 0. The van der Waals surface area contributed by atoms with Gasteiger partial charge in [-0.2, -0.15) is 5.26 Å². The van der Waals surface area contributed by atoms with Crippen molar-refractivity contribution in [3.63, 3.8) is 0 Å². The fraction of sp³-hybridized carbons (Fsp3) is 0. The number of nitriles is 1. The topological polar surface area (TPSA) is 115 Å².